The highest BCUT2D eigenvalue weighted by molar-refractivity contribution is 14.0. The third-order valence-corrected chi connectivity index (χ3v) is 4.57. The Morgan fingerprint density at radius 2 is 1.69 bits per heavy atom. The van der Waals surface area contributed by atoms with Gasteiger partial charge in [0.1, 0.15) is 0 Å². The van der Waals surface area contributed by atoms with Gasteiger partial charge in [0.15, 0.2) is 5.96 Å². The zero-order valence-electron chi connectivity index (χ0n) is 17.8. The SMILES string of the molecule is CCNC(=NCC(C)CN1CCOCC1)NCCN(C(C)C)C(C)C.I. The van der Waals surface area contributed by atoms with E-state index < -0.39 is 0 Å². The average Bonchev–Trinajstić information content (AvgIpc) is 2.56. The van der Waals surface area contributed by atoms with Gasteiger partial charge in [-0.3, -0.25) is 14.8 Å². The highest BCUT2D eigenvalue weighted by atomic mass is 127. The molecule has 1 unspecified atom stereocenters. The Morgan fingerprint density at radius 1 is 1.08 bits per heavy atom. The quantitative estimate of drug-likeness (QED) is 0.284. The van der Waals surface area contributed by atoms with Crippen LogP contribution in [-0.2, 0) is 4.74 Å². The van der Waals surface area contributed by atoms with Gasteiger partial charge in [0, 0.05) is 57.9 Å². The first-order valence-corrected chi connectivity index (χ1v) is 10.0. The van der Waals surface area contributed by atoms with Crippen molar-refractivity contribution in [3.05, 3.63) is 0 Å². The minimum Gasteiger partial charge on any atom is -0.379 e. The highest BCUT2D eigenvalue weighted by Gasteiger charge is 2.14. The topological polar surface area (TPSA) is 52.1 Å². The smallest absolute Gasteiger partial charge is 0.191 e. The lowest BCUT2D eigenvalue weighted by atomic mass is 10.1. The van der Waals surface area contributed by atoms with Crippen LogP contribution in [0, 0.1) is 5.92 Å². The second-order valence-corrected chi connectivity index (χ2v) is 7.59. The predicted octanol–water partition coefficient (Wildman–Crippen LogP) is 2.25. The normalized spacial score (nSPS) is 17.5. The lowest BCUT2D eigenvalue weighted by Crippen LogP contribution is -2.45. The summed E-state index contributed by atoms with van der Waals surface area (Å²) in [5, 5.41) is 6.84. The van der Waals surface area contributed by atoms with Crippen molar-refractivity contribution in [2.24, 2.45) is 10.9 Å². The summed E-state index contributed by atoms with van der Waals surface area (Å²) in [6, 6.07) is 1.13. The molecule has 156 valence electrons. The van der Waals surface area contributed by atoms with Crippen LogP contribution in [0.2, 0.25) is 0 Å². The van der Waals surface area contributed by atoms with Crippen molar-refractivity contribution in [1.29, 1.82) is 0 Å². The van der Waals surface area contributed by atoms with E-state index in [4.69, 9.17) is 9.73 Å². The molecular formula is C19H42IN5O. The molecule has 7 heteroatoms. The molecule has 1 atom stereocenters. The second kappa shape index (κ2) is 14.9. The molecule has 0 bridgehead atoms. The number of hydrogen-bond acceptors (Lipinski definition) is 4. The first-order valence-electron chi connectivity index (χ1n) is 10.0. The van der Waals surface area contributed by atoms with Crippen molar-refractivity contribution >= 4 is 29.9 Å². The van der Waals surface area contributed by atoms with Crippen LogP contribution in [0.4, 0.5) is 0 Å². The molecule has 1 aliphatic rings. The summed E-state index contributed by atoms with van der Waals surface area (Å²) in [6.45, 7) is 22.0. The molecule has 0 aliphatic carbocycles. The van der Waals surface area contributed by atoms with Gasteiger partial charge >= 0.3 is 0 Å². The van der Waals surface area contributed by atoms with Gasteiger partial charge in [-0.15, -0.1) is 24.0 Å². The van der Waals surface area contributed by atoms with Crippen molar-refractivity contribution < 1.29 is 4.74 Å². The monoisotopic (exact) mass is 483 g/mol. The first kappa shape index (κ1) is 25.9. The van der Waals surface area contributed by atoms with Crippen molar-refractivity contribution in [1.82, 2.24) is 20.4 Å². The third-order valence-electron chi connectivity index (χ3n) is 4.57. The van der Waals surface area contributed by atoms with E-state index in [-0.39, 0.29) is 24.0 Å². The number of nitrogens with zero attached hydrogens (tertiary/aromatic N) is 3. The summed E-state index contributed by atoms with van der Waals surface area (Å²) in [4.78, 5) is 9.76. The summed E-state index contributed by atoms with van der Waals surface area (Å²) in [6.07, 6.45) is 0. The standard InChI is InChI=1S/C19H41N5O.HI/c1-7-20-19(21-8-9-24(16(2)3)17(4)5)22-14-18(6)15-23-10-12-25-13-11-23;/h16-18H,7-15H2,1-6H3,(H2,20,21,22);1H. The summed E-state index contributed by atoms with van der Waals surface area (Å²) in [5.41, 5.74) is 0. The van der Waals surface area contributed by atoms with Gasteiger partial charge in [0.05, 0.1) is 13.2 Å². The zero-order chi connectivity index (χ0) is 18.7. The molecule has 1 aliphatic heterocycles. The molecule has 0 amide bonds. The van der Waals surface area contributed by atoms with Gasteiger partial charge in [-0.2, -0.15) is 0 Å². The maximum atomic E-state index is 5.42. The minimum atomic E-state index is 0. The molecule has 26 heavy (non-hydrogen) atoms. The molecule has 0 spiro atoms. The van der Waals surface area contributed by atoms with Gasteiger partial charge in [-0.25, -0.2) is 0 Å². The Labute approximate surface area is 178 Å². The average molecular weight is 483 g/mol. The van der Waals surface area contributed by atoms with Crippen molar-refractivity contribution in [2.75, 3.05) is 59.0 Å². The largest absolute Gasteiger partial charge is 0.379 e. The van der Waals surface area contributed by atoms with E-state index in [0.29, 0.717) is 18.0 Å². The molecule has 2 N–H and O–H groups in total. The highest BCUT2D eigenvalue weighted by Crippen LogP contribution is 2.05. The Balaban J connectivity index is 0.00000625. The molecule has 1 fully saturated rings. The van der Waals surface area contributed by atoms with Crippen LogP contribution in [0.1, 0.15) is 41.5 Å². The van der Waals surface area contributed by atoms with Crippen LogP contribution in [0.3, 0.4) is 0 Å². The van der Waals surface area contributed by atoms with Crippen LogP contribution in [-0.4, -0.2) is 86.9 Å². The fourth-order valence-corrected chi connectivity index (χ4v) is 3.29. The van der Waals surface area contributed by atoms with Crippen molar-refractivity contribution in [3.63, 3.8) is 0 Å². The number of ether oxygens (including phenoxy) is 1. The third kappa shape index (κ3) is 10.9. The van der Waals surface area contributed by atoms with Gasteiger partial charge in [-0.1, -0.05) is 6.92 Å². The molecular weight excluding hydrogens is 441 g/mol. The zero-order valence-corrected chi connectivity index (χ0v) is 20.1. The van der Waals surface area contributed by atoms with Crippen LogP contribution < -0.4 is 10.6 Å². The Bertz CT molecular complexity index is 365. The van der Waals surface area contributed by atoms with Gasteiger partial charge in [0.25, 0.3) is 0 Å². The van der Waals surface area contributed by atoms with Gasteiger partial charge in [0.2, 0.25) is 0 Å². The Hall–Kier alpha value is -0.120. The molecule has 0 radical (unpaired) electrons. The number of hydrogen-bond donors (Lipinski definition) is 2. The summed E-state index contributed by atoms with van der Waals surface area (Å²) in [7, 11) is 0. The van der Waals surface area contributed by atoms with Gasteiger partial charge < -0.3 is 15.4 Å². The molecule has 0 aromatic carbocycles. The lowest BCUT2D eigenvalue weighted by molar-refractivity contribution is 0.0323. The maximum absolute atomic E-state index is 5.42. The number of morpholine rings is 1. The number of aliphatic imine (C=N–C) groups is 1. The van der Waals surface area contributed by atoms with Crippen LogP contribution in [0.5, 0.6) is 0 Å². The number of nitrogens with one attached hydrogen (secondary N) is 2. The Kier molecular flexibility index (Phi) is 14.8. The molecule has 0 aromatic rings. The molecule has 1 saturated heterocycles. The van der Waals surface area contributed by atoms with E-state index >= 15 is 0 Å². The summed E-state index contributed by atoms with van der Waals surface area (Å²) in [5.74, 6) is 1.49. The molecule has 0 saturated carbocycles. The predicted molar refractivity (Wildman–Crippen MR) is 123 cm³/mol. The molecule has 0 aromatic heterocycles. The Morgan fingerprint density at radius 3 is 2.23 bits per heavy atom. The lowest BCUT2D eigenvalue weighted by Gasteiger charge is -2.30. The second-order valence-electron chi connectivity index (χ2n) is 7.59. The van der Waals surface area contributed by atoms with E-state index in [0.717, 1.165) is 65.0 Å². The van der Waals surface area contributed by atoms with Crippen LogP contribution in [0.25, 0.3) is 0 Å². The molecule has 1 heterocycles. The van der Waals surface area contributed by atoms with E-state index in [1.54, 1.807) is 0 Å². The van der Waals surface area contributed by atoms with Crippen LogP contribution >= 0.6 is 24.0 Å². The number of guanidine groups is 1. The van der Waals surface area contributed by atoms with E-state index in [9.17, 15) is 0 Å². The van der Waals surface area contributed by atoms with E-state index in [1.807, 2.05) is 0 Å². The molecule has 1 rings (SSSR count). The van der Waals surface area contributed by atoms with Crippen LogP contribution in [0.15, 0.2) is 4.99 Å². The maximum Gasteiger partial charge on any atom is 0.191 e. The van der Waals surface area contributed by atoms with Crippen molar-refractivity contribution in [2.45, 2.75) is 53.6 Å². The minimum absolute atomic E-state index is 0. The number of rotatable bonds is 10. The van der Waals surface area contributed by atoms with E-state index in [1.165, 1.54) is 0 Å². The first-order chi connectivity index (χ1) is 11.9. The van der Waals surface area contributed by atoms with E-state index in [2.05, 4.69) is 62.0 Å². The summed E-state index contributed by atoms with van der Waals surface area (Å²) < 4.78 is 5.42. The fourth-order valence-electron chi connectivity index (χ4n) is 3.29. The fraction of sp³-hybridized carbons (Fsp3) is 0.947. The van der Waals surface area contributed by atoms with Gasteiger partial charge in [-0.05, 0) is 40.5 Å². The molecule has 6 nitrogen and oxygen atoms in total. The number of halogens is 1. The van der Waals surface area contributed by atoms with Crippen molar-refractivity contribution in [3.8, 4) is 0 Å². The summed E-state index contributed by atoms with van der Waals surface area (Å²) >= 11 is 0.